The van der Waals surface area contributed by atoms with E-state index in [4.69, 9.17) is 0 Å². The van der Waals surface area contributed by atoms with Crippen molar-refractivity contribution in [2.45, 2.75) is 19.3 Å². The third kappa shape index (κ3) is 2.29. The van der Waals surface area contributed by atoms with Gasteiger partial charge in [-0.25, -0.2) is 9.97 Å². The molecule has 0 bridgehead atoms. The van der Waals surface area contributed by atoms with Crippen molar-refractivity contribution in [2.24, 2.45) is 7.05 Å². The monoisotopic (exact) mass is 271 g/mol. The van der Waals surface area contributed by atoms with Crippen molar-refractivity contribution in [3.05, 3.63) is 41.7 Å². The lowest BCUT2D eigenvalue weighted by molar-refractivity contribution is 0.0779. The van der Waals surface area contributed by atoms with E-state index in [9.17, 15) is 4.79 Å². The zero-order valence-corrected chi connectivity index (χ0v) is 11.7. The zero-order chi connectivity index (χ0) is 14.1. The number of aromatic nitrogens is 4. The SMILES string of the molecule is Cc1ccnc(C2CCN(C(=O)c3ccnn3C)C2)n1. The highest BCUT2D eigenvalue weighted by atomic mass is 16.2. The maximum absolute atomic E-state index is 12.4. The molecule has 2 aromatic heterocycles. The molecule has 1 unspecified atom stereocenters. The van der Waals surface area contributed by atoms with Gasteiger partial charge in [0.1, 0.15) is 11.5 Å². The molecule has 3 heterocycles. The number of likely N-dealkylation sites (tertiary alicyclic amines) is 1. The van der Waals surface area contributed by atoms with E-state index in [0.29, 0.717) is 12.2 Å². The first kappa shape index (κ1) is 12.8. The van der Waals surface area contributed by atoms with Gasteiger partial charge in [-0.05, 0) is 25.5 Å². The van der Waals surface area contributed by atoms with Crippen molar-refractivity contribution in [1.29, 1.82) is 0 Å². The Hall–Kier alpha value is -2.24. The average molecular weight is 271 g/mol. The maximum Gasteiger partial charge on any atom is 0.272 e. The lowest BCUT2D eigenvalue weighted by Gasteiger charge is -2.16. The van der Waals surface area contributed by atoms with Crippen molar-refractivity contribution in [2.75, 3.05) is 13.1 Å². The smallest absolute Gasteiger partial charge is 0.272 e. The summed E-state index contributed by atoms with van der Waals surface area (Å²) < 4.78 is 1.61. The Morgan fingerprint density at radius 1 is 1.35 bits per heavy atom. The van der Waals surface area contributed by atoms with Gasteiger partial charge in [-0.3, -0.25) is 9.48 Å². The Morgan fingerprint density at radius 2 is 2.20 bits per heavy atom. The van der Waals surface area contributed by atoms with Crippen LogP contribution in [0.5, 0.6) is 0 Å². The standard InChI is InChI=1S/C14H17N5O/c1-10-3-6-15-13(17-10)11-5-8-19(9-11)14(20)12-4-7-16-18(12)2/h3-4,6-7,11H,5,8-9H2,1-2H3. The molecule has 6 nitrogen and oxygen atoms in total. The second-order valence-corrected chi connectivity index (χ2v) is 5.13. The maximum atomic E-state index is 12.4. The fraction of sp³-hybridized carbons (Fsp3) is 0.429. The van der Waals surface area contributed by atoms with Crippen molar-refractivity contribution >= 4 is 5.91 Å². The third-order valence-electron chi connectivity index (χ3n) is 3.69. The molecule has 2 aromatic rings. The molecular weight excluding hydrogens is 254 g/mol. The molecule has 1 aliphatic heterocycles. The Labute approximate surface area is 117 Å². The van der Waals surface area contributed by atoms with Gasteiger partial charge in [-0.1, -0.05) is 0 Å². The number of hydrogen-bond acceptors (Lipinski definition) is 4. The summed E-state index contributed by atoms with van der Waals surface area (Å²) in [5, 5.41) is 4.04. The van der Waals surface area contributed by atoms with Crippen LogP contribution in [0.4, 0.5) is 0 Å². The predicted octanol–water partition coefficient (Wildman–Crippen LogP) is 1.15. The van der Waals surface area contributed by atoms with Crippen LogP contribution in [0.25, 0.3) is 0 Å². The van der Waals surface area contributed by atoms with E-state index in [1.807, 2.05) is 17.9 Å². The fourth-order valence-electron chi connectivity index (χ4n) is 2.57. The van der Waals surface area contributed by atoms with Crippen LogP contribution in [0, 0.1) is 6.92 Å². The summed E-state index contributed by atoms with van der Waals surface area (Å²) in [4.78, 5) is 23.0. The molecular formula is C14H17N5O. The van der Waals surface area contributed by atoms with E-state index in [0.717, 1.165) is 24.5 Å². The number of rotatable bonds is 2. The van der Waals surface area contributed by atoms with Gasteiger partial charge >= 0.3 is 0 Å². The number of hydrogen-bond donors (Lipinski definition) is 0. The van der Waals surface area contributed by atoms with Crippen molar-refractivity contribution in [1.82, 2.24) is 24.6 Å². The van der Waals surface area contributed by atoms with E-state index in [-0.39, 0.29) is 11.8 Å². The Balaban J connectivity index is 1.74. The highest BCUT2D eigenvalue weighted by Gasteiger charge is 2.30. The molecule has 0 radical (unpaired) electrons. The molecule has 0 N–H and O–H groups in total. The van der Waals surface area contributed by atoms with Gasteiger partial charge < -0.3 is 4.90 Å². The molecule has 104 valence electrons. The van der Waals surface area contributed by atoms with Gasteiger partial charge in [0.25, 0.3) is 5.91 Å². The molecule has 1 aliphatic rings. The summed E-state index contributed by atoms with van der Waals surface area (Å²) in [6.07, 6.45) is 4.33. The summed E-state index contributed by atoms with van der Waals surface area (Å²) in [6.45, 7) is 3.37. The van der Waals surface area contributed by atoms with Crippen LogP contribution in [0.2, 0.25) is 0 Å². The van der Waals surface area contributed by atoms with E-state index in [1.54, 1.807) is 30.2 Å². The van der Waals surface area contributed by atoms with Crippen LogP contribution in [-0.4, -0.2) is 43.6 Å². The minimum Gasteiger partial charge on any atom is -0.337 e. The van der Waals surface area contributed by atoms with Gasteiger partial charge in [0.05, 0.1) is 0 Å². The molecule has 0 spiro atoms. The van der Waals surface area contributed by atoms with E-state index < -0.39 is 0 Å². The molecule has 1 saturated heterocycles. The molecule has 6 heteroatoms. The van der Waals surface area contributed by atoms with Gasteiger partial charge in [-0.15, -0.1) is 0 Å². The first-order chi connectivity index (χ1) is 9.65. The first-order valence-corrected chi connectivity index (χ1v) is 6.72. The molecule has 3 rings (SSSR count). The zero-order valence-electron chi connectivity index (χ0n) is 11.7. The molecule has 1 atom stereocenters. The summed E-state index contributed by atoms with van der Waals surface area (Å²) >= 11 is 0. The minimum atomic E-state index is 0.0279. The second-order valence-electron chi connectivity index (χ2n) is 5.13. The molecule has 0 aromatic carbocycles. The first-order valence-electron chi connectivity index (χ1n) is 6.72. The van der Waals surface area contributed by atoms with E-state index in [1.165, 1.54) is 0 Å². The largest absolute Gasteiger partial charge is 0.337 e. The van der Waals surface area contributed by atoms with E-state index in [2.05, 4.69) is 15.1 Å². The van der Waals surface area contributed by atoms with Crippen molar-refractivity contribution < 1.29 is 4.79 Å². The van der Waals surface area contributed by atoms with Crippen molar-refractivity contribution in [3.8, 4) is 0 Å². The summed E-state index contributed by atoms with van der Waals surface area (Å²) in [5.41, 5.74) is 1.59. The van der Waals surface area contributed by atoms with Crippen LogP contribution in [0.1, 0.15) is 34.3 Å². The Bertz CT molecular complexity index is 636. The Morgan fingerprint density at radius 3 is 2.90 bits per heavy atom. The number of aryl methyl sites for hydroxylation is 2. The van der Waals surface area contributed by atoms with Gasteiger partial charge in [0.2, 0.25) is 0 Å². The van der Waals surface area contributed by atoms with Gasteiger partial charge in [0.15, 0.2) is 0 Å². The summed E-state index contributed by atoms with van der Waals surface area (Å²) in [7, 11) is 1.78. The highest BCUT2D eigenvalue weighted by molar-refractivity contribution is 5.92. The van der Waals surface area contributed by atoms with Crippen LogP contribution in [0.15, 0.2) is 24.5 Å². The van der Waals surface area contributed by atoms with Crippen molar-refractivity contribution in [3.63, 3.8) is 0 Å². The Kier molecular flexibility index (Phi) is 3.22. The second kappa shape index (κ2) is 5.03. The average Bonchev–Trinajstić information content (AvgIpc) is 3.07. The lowest BCUT2D eigenvalue weighted by atomic mass is 10.1. The quantitative estimate of drug-likeness (QED) is 0.822. The molecule has 0 saturated carbocycles. The molecule has 1 fully saturated rings. The van der Waals surface area contributed by atoms with Crippen LogP contribution < -0.4 is 0 Å². The number of nitrogens with zero attached hydrogens (tertiary/aromatic N) is 5. The predicted molar refractivity (Wildman–Crippen MR) is 73.2 cm³/mol. The van der Waals surface area contributed by atoms with Gasteiger partial charge in [-0.2, -0.15) is 5.10 Å². The number of carbonyl (C=O) groups is 1. The third-order valence-corrected chi connectivity index (χ3v) is 3.69. The lowest BCUT2D eigenvalue weighted by Crippen LogP contribution is -2.30. The van der Waals surface area contributed by atoms with E-state index >= 15 is 0 Å². The number of amides is 1. The molecule has 0 aliphatic carbocycles. The van der Waals surface area contributed by atoms with Crippen LogP contribution >= 0.6 is 0 Å². The van der Waals surface area contributed by atoms with Gasteiger partial charge in [0, 0.05) is 44.1 Å². The van der Waals surface area contributed by atoms with Crippen LogP contribution in [0.3, 0.4) is 0 Å². The molecule has 1 amide bonds. The fourth-order valence-corrected chi connectivity index (χ4v) is 2.57. The number of carbonyl (C=O) groups excluding carboxylic acids is 1. The summed E-state index contributed by atoms with van der Waals surface area (Å²) in [6, 6.07) is 3.63. The minimum absolute atomic E-state index is 0.0279. The molecule has 20 heavy (non-hydrogen) atoms. The van der Waals surface area contributed by atoms with Crippen LogP contribution in [-0.2, 0) is 7.05 Å². The topological polar surface area (TPSA) is 63.9 Å². The normalized spacial score (nSPS) is 18.5. The summed E-state index contributed by atoms with van der Waals surface area (Å²) in [5.74, 6) is 1.09. The highest BCUT2D eigenvalue weighted by Crippen LogP contribution is 2.25.